The Morgan fingerprint density at radius 3 is 2.70 bits per heavy atom. The van der Waals surface area contributed by atoms with Crippen molar-refractivity contribution in [3.05, 3.63) is 28.0 Å². The fourth-order valence-electron chi connectivity index (χ4n) is 2.71. The SMILES string of the molecule is CC1(CNC(=O)c2cc(N)c(F)cc2Br)CCCCC1. The molecule has 2 rings (SSSR count). The number of nitrogens with two attached hydrogens (primary N) is 1. The van der Waals surface area contributed by atoms with Gasteiger partial charge in [-0.25, -0.2) is 4.39 Å². The van der Waals surface area contributed by atoms with Crippen molar-refractivity contribution in [3.8, 4) is 0 Å². The zero-order valence-corrected chi connectivity index (χ0v) is 13.2. The third-order valence-corrected chi connectivity index (χ3v) is 4.72. The van der Waals surface area contributed by atoms with E-state index in [1.807, 2.05) is 0 Å². The van der Waals surface area contributed by atoms with Crippen LogP contribution in [0.1, 0.15) is 49.4 Å². The van der Waals surface area contributed by atoms with E-state index in [1.54, 1.807) is 0 Å². The van der Waals surface area contributed by atoms with Crippen LogP contribution in [0.15, 0.2) is 16.6 Å². The lowest BCUT2D eigenvalue weighted by Crippen LogP contribution is -2.37. The second kappa shape index (κ2) is 6.12. The molecule has 0 atom stereocenters. The number of carbonyl (C=O) groups is 1. The Bertz CT molecular complexity index is 513. The van der Waals surface area contributed by atoms with Crippen molar-refractivity contribution in [2.75, 3.05) is 12.3 Å². The van der Waals surface area contributed by atoms with Gasteiger partial charge in [-0.1, -0.05) is 26.2 Å². The number of hydrogen-bond acceptors (Lipinski definition) is 2. The Balaban J connectivity index is 2.03. The molecule has 0 bridgehead atoms. The first kappa shape index (κ1) is 15.3. The number of halogens is 2. The summed E-state index contributed by atoms with van der Waals surface area (Å²) in [7, 11) is 0. The van der Waals surface area contributed by atoms with Gasteiger partial charge in [0.25, 0.3) is 5.91 Å². The first-order valence-corrected chi connectivity index (χ1v) is 7.73. The van der Waals surface area contributed by atoms with E-state index in [1.165, 1.54) is 31.4 Å². The summed E-state index contributed by atoms with van der Waals surface area (Å²) >= 11 is 3.20. The summed E-state index contributed by atoms with van der Waals surface area (Å²) < 4.78 is 13.7. The Hall–Kier alpha value is -1.10. The average Bonchev–Trinajstić information content (AvgIpc) is 2.41. The van der Waals surface area contributed by atoms with E-state index in [4.69, 9.17) is 5.73 Å². The van der Waals surface area contributed by atoms with Crippen LogP contribution < -0.4 is 11.1 Å². The van der Waals surface area contributed by atoms with Crippen LogP contribution in [0, 0.1) is 11.2 Å². The van der Waals surface area contributed by atoms with Crippen LogP contribution in [0.4, 0.5) is 10.1 Å². The number of amides is 1. The van der Waals surface area contributed by atoms with Crippen molar-refractivity contribution in [1.29, 1.82) is 0 Å². The lowest BCUT2D eigenvalue weighted by Gasteiger charge is -2.33. The molecule has 1 saturated carbocycles. The molecule has 1 aliphatic carbocycles. The van der Waals surface area contributed by atoms with Gasteiger partial charge in [0.15, 0.2) is 0 Å². The minimum atomic E-state index is -0.521. The molecule has 1 amide bonds. The standard InChI is InChI=1S/C15H20BrFN2O/c1-15(5-3-2-4-6-15)9-19-14(20)10-7-13(18)12(17)8-11(10)16/h7-8H,2-6,9,18H2,1H3,(H,19,20). The smallest absolute Gasteiger partial charge is 0.252 e. The normalized spacial score (nSPS) is 17.8. The van der Waals surface area contributed by atoms with Gasteiger partial charge in [0.2, 0.25) is 0 Å². The van der Waals surface area contributed by atoms with Gasteiger partial charge in [0.05, 0.1) is 11.3 Å². The van der Waals surface area contributed by atoms with Crippen molar-refractivity contribution < 1.29 is 9.18 Å². The van der Waals surface area contributed by atoms with Crippen molar-refractivity contribution in [2.24, 2.45) is 5.41 Å². The second-order valence-corrected chi connectivity index (χ2v) is 6.76. The zero-order chi connectivity index (χ0) is 14.8. The fraction of sp³-hybridized carbons (Fsp3) is 0.533. The lowest BCUT2D eigenvalue weighted by atomic mass is 9.76. The molecule has 0 spiro atoms. The molecule has 0 radical (unpaired) electrons. The second-order valence-electron chi connectivity index (χ2n) is 5.91. The van der Waals surface area contributed by atoms with E-state index in [0.717, 1.165) is 12.8 Å². The summed E-state index contributed by atoms with van der Waals surface area (Å²) in [5.41, 5.74) is 6.06. The van der Waals surface area contributed by atoms with Crippen molar-refractivity contribution in [2.45, 2.75) is 39.0 Å². The molecule has 20 heavy (non-hydrogen) atoms. The number of benzene rings is 1. The summed E-state index contributed by atoms with van der Waals surface area (Å²) in [6.07, 6.45) is 6.00. The van der Waals surface area contributed by atoms with Gasteiger partial charge in [-0.3, -0.25) is 4.79 Å². The fourth-order valence-corrected chi connectivity index (χ4v) is 3.21. The van der Waals surface area contributed by atoms with E-state index < -0.39 is 5.82 Å². The predicted octanol–water partition coefficient (Wildman–Crippen LogP) is 3.87. The molecule has 5 heteroatoms. The number of nitrogen functional groups attached to an aromatic ring is 1. The van der Waals surface area contributed by atoms with Crippen molar-refractivity contribution >= 4 is 27.5 Å². The first-order valence-electron chi connectivity index (χ1n) is 6.94. The number of rotatable bonds is 3. The molecule has 0 unspecified atom stereocenters. The van der Waals surface area contributed by atoms with E-state index in [0.29, 0.717) is 16.6 Å². The molecule has 3 nitrogen and oxygen atoms in total. The summed E-state index contributed by atoms with van der Waals surface area (Å²) in [4.78, 5) is 12.2. The first-order chi connectivity index (χ1) is 9.41. The van der Waals surface area contributed by atoms with Crippen molar-refractivity contribution in [3.63, 3.8) is 0 Å². The van der Waals surface area contributed by atoms with Gasteiger partial charge in [-0.05, 0) is 46.3 Å². The lowest BCUT2D eigenvalue weighted by molar-refractivity contribution is 0.0918. The minimum Gasteiger partial charge on any atom is -0.396 e. The highest BCUT2D eigenvalue weighted by Gasteiger charge is 2.27. The highest BCUT2D eigenvalue weighted by Crippen LogP contribution is 2.35. The predicted molar refractivity (Wildman–Crippen MR) is 82.0 cm³/mol. The maximum Gasteiger partial charge on any atom is 0.252 e. The number of hydrogen-bond donors (Lipinski definition) is 2. The minimum absolute atomic E-state index is 0.0118. The van der Waals surface area contributed by atoms with Gasteiger partial charge >= 0.3 is 0 Å². The van der Waals surface area contributed by atoms with Gasteiger partial charge in [0.1, 0.15) is 5.82 Å². The maximum atomic E-state index is 13.3. The van der Waals surface area contributed by atoms with Crippen LogP contribution in [-0.4, -0.2) is 12.5 Å². The van der Waals surface area contributed by atoms with Crippen LogP contribution >= 0.6 is 15.9 Å². The van der Waals surface area contributed by atoms with E-state index in [2.05, 4.69) is 28.2 Å². The number of carbonyl (C=O) groups excluding carboxylic acids is 1. The largest absolute Gasteiger partial charge is 0.396 e. The quantitative estimate of drug-likeness (QED) is 0.819. The van der Waals surface area contributed by atoms with Gasteiger partial charge in [0, 0.05) is 11.0 Å². The summed E-state index contributed by atoms with van der Waals surface area (Å²) in [5, 5.41) is 2.95. The number of anilines is 1. The third-order valence-electron chi connectivity index (χ3n) is 4.07. The highest BCUT2D eigenvalue weighted by atomic mass is 79.9. The topological polar surface area (TPSA) is 55.1 Å². The van der Waals surface area contributed by atoms with Crippen LogP contribution in [0.25, 0.3) is 0 Å². The third kappa shape index (κ3) is 3.51. The van der Waals surface area contributed by atoms with Gasteiger partial charge in [-0.15, -0.1) is 0 Å². The molecule has 0 aromatic heterocycles. The maximum absolute atomic E-state index is 13.3. The average molecular weight is 343 g/mol. The molecule has 3 N–H and O–H groups in total. The Kier molecular flexibility index (Phi) is 4.68. The van der Waals surface area contributed by atoms with E-state index >= 15 is 0 Å². The van der Waals surface area contributed by atoms with E-state index in [-0.39, 0.29) is 17.0 Å². The van der Waals surface area contributed by atoms with Crippen LogP contribution in [-0.2, 0) is 0 Å². The van der Waals surface area contributed by atoms with E-state index in [9.17, 15) is 9.18 Å². The molecule has 1 aromatic carbocycles. The molecule has 1 fully saturated rings. The van der Waals surface area contributed by atoms with Gasteiger partial charge < -0.3 is 11.1 Å². The molecule has 1 aliphatic rings. The monoisotopic (exact) mass is 342 g/mol. The summed E-state index contributed by atoms with van der Waals surface area (Å²) in [6, 6.07) is 2.60. The Morgan fingerprint density at radius 2 is 2.05 bits per heavy atom. The Labute approximate surface area is 127 Å². The molecule has 0 heterocycles. The molecule has 0 saturated heterocycles. The summed E-state index contributed by atoms with van der Waals surface area (Å²) in [6.45, 7) is 2.86. The van der Waals surface area contributed by atoms with Crippen molar-refractivity contribution in [1.82, 2.24) is 5.32 Å². The number of nitrogens with one attached hydrogen (secondary N) is 1. The van der Waals surface area contributed by atoms with Crippen LogP contribution in [0.5, 0.6) is 0 Å². The molecule has 1 aromatic rings. The molecule has 0 aliphatic heterocycles. The van der Waals surface area contributed by atoms with Crippen LogP contribution in [0.3, 0.4) is 0 Å². The highest BCUT2D eigenvalue weighted by molar-refractivity contribution is 9.10. The zero-order valence-electron chi connectivity index (χ0n) is 11.6. The molecule has 110 valence electrons. The Morgan fingerprint density at radius 1 is 1.40 bits per heavy atom. The van der Waals surface area contributed by atoms with Gasteiger partial charge in [-0.2, -0.15) is 0 Å². The summed E-state index contributed by atoms with van der Waals surface area (Å²) in [5.74, 6) is -0.733. The molecular formula is C15H20BrFN2O. The van der Waals surface area contributed by atoms with Crippen LogP contribution in [0.2, 0.25) is 0 Å². The molecular weight excluding hydrogens is 323 g/mol.